The zero-order chi connectivity index (χ0) is 15.6. The number of nitrogens with zero attached hydrogens (tertiary/aromatic N) is 5. The smallest absolute Gasteiger partial charge is 0.235 e. The van der Waals surface area contributed by atoms with Crippen molar-refractivity contribution in [1.29, 1.82) is 0 Å². The van der Waals surface area contributed by atoms with E-state index in [-0.39, 0.29) is 6.10 Å². The Morgan fingerprint density at radius 1 is 1.09 bits per heavy atom. The van der Waals surface area contributed by atoms with Crippen molar-refractivity contribution in [2.75, 3.05) is 0 Å². The fourth-order valence-corrected chi connectivity index (χ4v) is 3.04. The maximum atomic E-state index is 5.92. The first-order chi connectivity index (χ1) is 11.3. The number of fused-ring (bicyclic) bond motifs is 1. The Hall–Kier alpha value is -2.80. The van der Waals surface area contributed by atoms with Crippen molar-refractivity contribution >= 4 is 16.3 Å². The van der Waals surface area contributed by atoms with Gasteiger partial charge >= 0.3 is 0 Å². The number of rotatable bonds is 4. The van der Waals surface area contributed by atoms with Crippen LogP contribution in [0.4, 0.5) is 0 Å². The Morgan fingerprint density at radius 2 is 1.96 bits per heavy atom. The van der Waals surface area contributed by atoms with Gasteiger partial charge in [-0.3, -0.25) is 4.98 Å². The lowest BCUT2D eigenvalue weighted by molar-refractivity contribution is 0.225. The van der Waals surface area contributed by atoms with Crippen molar-refractivity contribution < 1.29 is 4.74 Å². The van der Waals surface area contributed by atoms with Gasteiger partial charge in [-0.25, -0.2) is 0 Å². The predicted molar refractivity (Wildman–Crippen MR) is 87.4 cm³/mol. The zero-order valence-corrected chi connectivity index (χ0v) is 13.1. The second-order valence-corrected chi connectivity index (χ2v) is 5.96. The quantitative estimate of drug-likeness (QED) is 0.576. The number of hydrogen-bond donors (Lipinski definition) is 0. The van der Waals surface area contributed by atoms with Gasteiger partial charge in [0.2, 0.25) is 4.96 Å². The molecule has 1 aromatic carbocycles. The summed E-state index contributed by atoms with van der Waals surface area (Å²) >= 11 is 1.47. The van der Waals surface area contributed by atoms with Crippen LogP contribution in [-0.2, 0) is 0 Å². The Kier molecular flexibility index (Phi) is 3.47. The minimum atomic E-state index is -0.161. The van der Waals surface area contributed by atoms with Gasteiger partial charge in [-0.05, 0) is 31.2 Å². The molecule has 0 radical (unpaired) electrons. The third-order valence-corrected chi connectivity index (χ3v) is 4.39. The van der Waals surface area contributed by atoms with Crippen LogP contribution in [0.1, 0.15) is 18.0 Å². The monoisotopic (exact) mass is 323 g/mol. The lowest BCUT2D eigenvalue weighted by atomic mass is 10.3. The summed E-state index contributed by atoms with van der Waals surface area (Å²) < 4.78 is 7.66. The van der Waals surface area contributed by atoms with Gasteiger partial charge in [0.05, 0.1) is 0 Å². The summed E-state index contributed by atoms with van der Waals surface area (Å²) in [4.78, 5) is 4.85. The summed E-state index contributed by atoms with van der Waals surface area (Å²) in [6.45, 7) is 1.97. The van der Waals surface area contributed by atoms with Gasteiger partial charge in [0, 0.05) is 18.0 Å². The van der Waals surface area contributed by atoms with Gasteiger partial charge in [0.25, 0.3) is 0 Å². The van der Waals surface area contributed by atoms with Crippen molar-refractivity contribution in [3.63, 3.8) is 0 Å². The molecule has 0 spiro atoms. The van der Waals surface area contributed by atoms with Crippen molar-refractivity contribution in [2.45, 2.75) is 13.0 Å². The van der Waals surface area contributed by atoms with Crippen LogP contribution >= 0.6 is 11.3 Å². The molecule has 0 aliphatic rings. The van der Waals surface area contributed by atoms with E-state index in [0.29, 0.717) is 5.82 Å². The fraction of sp³-hybridized carbons (Fsp3) is 0.125. The molecule has 6 nitrogen and oxygen atoms in total. The molecule has 114 valence electrons. The normalized spacial score (nSPS) is 12.4. The van der Waals surface area contributed by atoms with Crippen LogP contribution in [0.2, 0.25) is 0 Å². The minimum absolute atomic E-state index is 0.161. The SMILES string of the molecule is C[C@H](Oc1ccccc1)c1nn2c(-c3cccnc3)nnc2s1. The molecule has 0 aliphatic carbocycles. The average molecular weight is 323 g/mol. The lowest BCUT2D eigenvalue weighted by Crippen LogP contribution is -2.03. The molecule has 0 fully saturated rings. The van der Waals surface area contributed by atoms with E-state index in [1.807, 2.05) is 49.4 Å². The highest BCUT2D eigenvalue weighted by molar-refractivity contribution is 7.16. The Balaban J connectivity index is 1.66. The number of benzene rings is 1. The predicted octanol–water partition coefficient (Wildman–Crippen LogP) is 3.39. The molecule has 4 rings (SSSR count). The van der Waals surface area contributed by atoms with Crippen molar-refractivity contribution in [1.82, 2.24) is 24.8 Å². The second-order valence-electron chi connectivity index (χ2n) is 4.97. The van der Waals surface area contributed by atoms with E-state index >= 15 is 0 Å². The van der Waals surface area contributed by atoms with E-state index in [2.05, 4.69) is 20.3 Å². The van der Waals surface area contributed by atoms with E-state index in [0.717, 1.165) is 21.3 Å². The molecule has 1 atom stereocenters. The maximum absolute atomic E-state index is 5.92. The lowest BCUT2D eigenvalue weighted by Gasteiger charge is -2.11. The van der Waals surface area contributed by atoms with Crippen molar-refractivity contribution in [3.8, 4) is 17.1 Å². The maximum Gasteiger partial charge on any atom is 0.235 e. The number of hydrogen-bond acceptors (Lipinski definition) is 6. The van der Waals surface area contributed by atoms with E-state index < -0.39 is 0 Å². The number of para-hydroxylation sites is 1. The highest BCUT2D eigenvalue weighted by Gasteiger charge is 2.18. The Morgan fingerprint density at radius 3 is 2.74 bits per heavy atom. The van der Waals surface area contributed by atoms with Gasteiger partial charge in [-0.1, -0.05) is 29.5 Å². The first-order valence-electron chi connectivity index (χ1n) is 7.15. The molecule has 0 N–H and O–H groups in total. The second kappa shape index (κ2) is 5.77. The molecule has 0 bridgehead atoms. The molecule has 3 heterocycles. The van der Waals surface area contributed by atoms with Crippen molar-refractivity contribution in [2.24, 2.45) is 0 Å². The van der Waals surface area contributed by atoms with Crippen LogP contribution in [0.3, 0.4) is 0 Å². The molecule has 7 heteroatoms. The molecular formula is C16H13N5OS. The molecule has 0 saturated carbocycles. The topological polar surface area (TPSA) is 65.2 Å². The molecular weight excluding hydrogens is 310 g/mol. The molecule has 3 aromatic heterocycles. The summed E-state index contributed by atoms with van der Waals surface area (Å²) in [6, 6.07) is 13.5. The third-order valence-electron chi connectivity index (χ3n) is 3.33. The Labute approximate surface area is 136 Å². The van der Waals surface area contributed by atoms with Gasteiger partial charge in [-0.2, -0.15) is 9.61 Å². The van der Waals surface area contributed by atoms with Crippen LogP contribution in [0, 0.1) is 0 Å². The summed E-state index contributed by atoms with van der Waals surface area (Å²) in [7, 11) is 0. The number of pyridine rings is 1. The standard InChI is InChI=1S/C16H13N5OS/c1-11(22-13-7-3-2-4-8-13)15-20-21-14(18-19-16(21)23-15)12-6-5-9-17-10-12/h2-11H,1H3/t11-/m0/s1. The molecule has 0 amide bonds. The molecule has 0 unspecified atom stereocenters. The first kappa shape index (κ1) is 13.8. The highest BCUT2D eigenvalue weighted by atomic mass is 32.1. The van der Waals surface area contributed by atoms with Crippen LogP contribution in [0.25, 0.3) is 16.3 Å². The van der Waals surface area contributed by atoms with Crippen LogP contribution < -0.4 is 4.74 Å². The highest BCUT2D eigenvalue weighted by Crippen LogP contribution is 2.27. The molecule has 0 aliphatic heterocycles. The van der Waals surface area contributed by atoms with Gasteiger partial charge in [0.15, 0.2) is 10.8 Å². The van der Waals surface area contributed by atoms with E-state index in [1.165, 1.54) is 11.3 Å². The summed E-state index contributed by atoms with van der Waals surface area (Å²) in [6.07, 6.45) is 3.31. The van der Waals surface area contributed by atoms with E-state index in [4.69, 9.17) is 4.74 Å². The molecule has 0 saturated heterocycles. The molecule has 23 heavy (non-hydrogen) atoms. The van der Waals surface area contributed by atoms with Crippen LogP contribution in [0.5, 0.6) is 5.75 Å². The van der Waals surface area contributed by atoms with Gasteiger partial charge in [0.1, 0.15) is 11.9 Å². The van der Waals surface area contributed by atoms with Crippen molar-refractivity contribution in [3.05, 3.63) is 59.9 Å². The van der Waals surface area contributed by atoms with E-state index in [9.17, 15) is 0 Å². The third kappa shape index (κ3) is 2.66. The molecule has 4 aromatic rings. The summed E-state index contributed by atoms with van der Waals surface area (Å²) in [5.41, 5.74) is 0.883. The van der Waals surface area contributed by atoms with Crippen LogP contribution in [0.15, 0.2) is 54.9 Å². The zero-order valence-electron chi connectivity index (χ0n) is 12.3. The number of aromatic nitrogens is 5. The fourth-order valence-electron chi connectivity index (χ4n) is 2.22. The Bertz CT molecular complexity index is 919. The van der Waals surface area contributed by atoms with Gasteiger partial charge in [-0.15, -0.1) is 10.2 Å². The largest absolute Gasteiger partial charge is 0.483 e. The summed E-state index contributed by atoms with van der Waals surface area (Å²) in [5.74, 6) is 1.50. The minimum Gasteiger partial charge on any atom is -0.483 e. The first-order valence-corrected chi connectivity index (χ1v) is 7.97. The summed E-state index contributed by atoms with van der Waals surface area (Å²) in [5, 5.41) is 13.8. The number of ether oxygens (including phenoxy) is 1. The van der Waals surface area contributed by atoms with E-state index in [1.54, 1.807) is 16.9 Å². The van der Waals surface area contributed by atoms with Gasteiger partial charge < -0.3 is 4.74 Å². The van der Waals surface area contributed by atoms with Crippen LogP contribution in [-0.4, -0.2) is 24.8 Å². The average Bonchev–Trinajstić information content (AvgIpc) is 3.17.